The molecule has 0 heterocycles. The Kier molecular flexibility index (Phi) is 15.1. The Morgan fingerprint density at radius 2 is 0.911 bits per heavy atom. The van der Waals surface area contributed by atoms with Crippen molar-refractivity contribution in [3.8, 4) is 11.5 Å². The van der Waals surface area contributed by atoms with Gasteiger partial charge in [-0.25, -0.2) is 9.59 Å². The van der Waals surface area contributed by atoms with E-state index in [0.29, 0.717) is 23.0 Å². The summed E-state index contributed by atoms with van der Waals surface area (Å²) in [6.07, 6.45) is 1.48. The second kappa shape index (κ2) is 20.1. The molecule has 5 aromatic carbocycles. The number of carbonyl (C=O) groups excluding carboxylic acids is 2. The lowest BCUT2D eigenvalue weighted by atomic mass is 9.73. The van der Waals surface area contributed by atoms with E-state index >= 15 is 0 Å². The fourth-order valence-corrected chi connectivity index (χ4v) is 7.80. The summed E-state index contributed by atoms with van der Waals surface area (Å²) in [7, 11) is 0. The monoisotopic (exact) mass is 786 g/mol. The zero-order chi connectivity index (χ0) is 40.0. The zero-order valence-corrected chi connectivity index (χ0v) is 34.2. The van der Waals surface area contributed by atoms with Gasteiger partial charge in [0.05, 0.1) is 0 Å². The predicted octanol–water partition coefficient (Wildman–Crippen LogP) is 10.9. The average Bonchev–Trinajstić information content (AvgIpc) is 3.23. The van der Waals surface area contributed by atoms with Crippen LogP contribution in [0.2, 0.25) is 0 Å². The minimum Gasteiger partial charge on any atom is -0.490 e. The maximum absolute atomic E-state index is 12.0. The molecule has 5 rings (SSSR count). The second-order valence-electron chi connectivity index (χ2n) is 14.3. The molecule has 0 spiro atoms. The molecule has 0 aliphatic rings. The zero-order valence-electron chi connectivity index (χ0n) is 32.5. The molecule has 8 heteroatoms. The smallest absolute Gasteiger partial charge is 0.330 e. The van der Waals surface area contributed by atoms with Crippen LogP contribution in [0.4, 0.5) is 0 Å². The third-order valence-electron chi connectivity index (χ3n) is 9.59. The Morgan fingerprint density at radius 3 is 1.27 bits per heavy atom. The van der Waals surface area contributed by atoms with Crippen LogP contribution in [-0.4, -0.2) is 48.9 Å². The molecule has 5 aromatic rings. The van der Waals surface area contributed by atoms with E-state index in [1.165, 1.54) is 23.3 Å². The Labute approximate surface area is 340 Å². The van der Waals surface area contributed by atoms with Gasteiger partial charge >= 0.3 is 11.9 Å². The summed E-state index contributed by atoms with van der Waals surface area (Å²) >= 11 is 3.23. The molecule has 2 atom stereocenters. The van der Waals surface area contributed by atoms with Gasteiger partial charge in [0, 0.05) is 44.3 Å². The Hall–Kier alpha value is -5.18. The van der Waals surface area contributed by atoms with Gasteiger partial charge in [0.25, 0.3) is 0 Å². The van der Waals surface area contributed by atoms with Crippen LogP contribution in [0.5, 0.6) is 11.5 Å². The Bertz CT molecular complexity index is 1880. The lowest BCUT2D eigenvalue weighted by molar-refractivity contribution is -0.144. The fourth-order valence-electron chi connectivity index (χ4n) is 6.01. The third-order valence-corrected chi connectivity index (χ3v) is 11.9. The standard InChI is InChI=1S/C48H50O6S2/c1-7-45(49)53-41(33-55-43-18-11-9-12-19-43)31-51-39-26-22-35(23-27-39)47(3,4)37-16-15-17-38(30-37)48(5,6)36-24-28-40(29-25-36)52-32-42(54-46(50)8-2)34-56-44-20-13-10-14-21-44/h7-30,41-42H,1-2,31-34H2,3-6H3. The van der Waals surface area contributed by atoms with E-state index in [0.717, 1.165) is 20.9 Å². The molecule has 0 aliphatic carbocycles. The molecule has 0 amide bonds. The summed E-state index contributed by atoms with van der Waals surface area (Å²) in [4.78, 5) is 26.2. The molecule has 290 valence electrons. The number of hydrogen-bond acceptors (Lipinski definition) is 8. The number of benzene rings is 5. The minimum absolute atomic E-state index is 0.228. The molecule has 6 nitrogen and oxygen atoms in total. The van der Waals surface area contributed by atoms with Crippen molar-refractivity contribution in [2.45, 2.75) is 60.5 Å². The van der Waals surface area contributed by atoms with Crippen LogP contribution in [0.25, 0.3) is 0 Å². The maximum Gasteiger partial charge on any atom is 0.330 e. The molecule has 0 N–H and O–H groups in total. The first kappa shape index (κ1) is 42.0. The molecular formula is C48H50O6S2. The first-order chi connectivity index (χ1) is 27.0. The number of thioether (sulfide) groups is 2. The molecule has 0 aliphatic heterocycles. The summed E-state index contributed by atoms with van der Waals surface area (Å²) in [5, 5.41) is 0. The molecule has 0 aromatic heterocycles. The first-order valence-corrected chi connectivity index (χ1v) is 20.5. The van der Waals surface area contributed by atoms with Gasteiger partial charge in [-0.1, -0.05) is 126 Å². The van der Waals surface area contributed by atoms with E-state index in [9.17, 15) is 9.59 Å². The lowest BCUT2D eigenvalue weighted by Gasteiger charge is -2.31. The molecule has 56 heavy (non-hydrogen) atoms. The number of carbonyl (C=O) groups is 2. The number of ether oxygens (including phenoxy) is 4. The summed E-state index contributed by atoms with van der Waals surface area (Å²) in [5.41, 5.74) is 4.10. The van der Waals surface area contributed by atoms with Gasteiger partial charge in [-0.05, 0) is 70.8 Å². The van der Waals surface area contributed by atoms with E-state index in [2.05, 4.69) is 89.4 Å². The quantitative estimate of drug-likeness (QED) is 0.0439. The van der Waals surface area contributed by atoms with Crippen molar-refractivity contribution in [1.29, 1.82) is 0 Å². The number of rotatable bonds is 20. The summed E-state index contributed by atoms with van der Waals surface area (Å²) in [6.45, 7) is 16.4. The van der Waals surface area contributed by atoms with Crippen molar-refractivity contribution < 1.29 is 28.5 Å². The molecule has 0 saturated heterocycles. The van der Waals surface area contributed by atoms with Gasteiger partial charge in [-0.15, -0.1) is 23.5 Å². The van der Waals surface area contributed by atoms with Crippen molar-refractivity contribution in [2.24, 2.45) is 0 Å². The summed E-state index contributed by atoms with van der Waals surface area (Å²) < 4.78 is 23.4. The van der Waals surface area contributed by atoms with E-state index in [4.69, 9.17) is 18.9 Å². The van der Waals surface area contributed by atoms with Crippen LogP contribution in [0.1, 0.15) is 49.9 Å². The highest BCUT2D eigenvalue weighted by Crippen LogP contribution is 2.38. The SMILES string of the molecule is C=CC(=O)OC(COc1ccc(C(C)(C)c2cccc(C(C)(C)c3ccc(OCC(CSc4ccccc4)OC(=O)C=C)cc3)c2)cc1)CSc1ccccc1. The van der Waals surface area contributed by atoms with E-state index in [1.54, 1.807) is 23.5 Å². The third kappa shape index (κ3) is 11.9. The van der Waals surface area contributed by atoms with Crippen molar-refractivity contribution in [3.05, 3.63) is 181 Å². The number of esters is 2. The van der Waals surface area contributed by atoms with Gasteiger partial charge < -0.3 is 18.9 Å². The lowest BCUT2D eigenvalue weighted by Crippen LogP contribution is -2.27. The van der Waals surface area contributed by atoms with Crippen LogP contribution in [0, 0.1) is 0 Å². The molecular weight excluding hydrogens is 737 g/mol. The van der Waals surface area contributed by atoms with Crippen molar-refractivity contribution >= 4 is 35.5 Å². The van der Waals surface area contributed by atoms with E-state index in [-0.39, 0.29) is 24.0 Å². The average molecular weight is 787 g/mol. The van der Waals surface area contributed by atoms with Crippen LogP contribution in [-0.2, 0) is 29.9 Å². The first-order valence-electron chi connectivity index (χ1n) is 18.6. The fraction of sp³-hybridized carbons (Fsp3) is 0.250. The molecule has 0 fully saturated rings. The van der Waals surface area contributed by atoms with Gasteiger partial charge in [0.1, 0.15) is 36.9 Å². The Morgan fingerprint density at radius 1 is 0.536 bits per heavy atom. The van der Waals surface area contributed by atoms with Gasteiger partial charge in [-0.2, -0.15) is 0 Å². The van der Waals surface area contributed by atoms with E-state index in [1.807, 2.05) is 84.9 Å². The highest BCUT2D eigenvalue weighted by Gasteiger charge is 2.28. The summed E-state index contributed by atoms with van der Waals surface area (Å²) in [6, 6.07) is 45.0. The summed E-state index contributed by atoms with van der Waals surface area (Å²) in [5.74, 6) is 1.59. The largest absolute Gasteiger partial charge is 0.490 e. The van der Waals surface area contributed by atoms with Crippen LogP contribution in [0.15, 0.2) is 169 Å². The van der Waals surface area contributed by atoms with Crippen LogP contribution >= 0.6 is 23.5 Å². The van der Waals surface area contributed by atoms with Crippen molar-refractivity contribution in [1.82, 2.24) is 0 Å². The highest BCUT2D eigenvalue weighted by molar-refractivity contribution is 7.99. The number of hydrogen-bond donors (Lipinski definition) is 0. The normalized spacial score (nSPS) is 12.5. The second-order valence-corrected chi connectivity index (χ2v) is 16.5. The maximum atomic E-state index is 12.0. The van der Waals surface area contributed by atoms with Gasteiger partial charge in [0.15, 0.2) is 0 Å². The van der Waals surface area contributed by atoms with E-state index < -0.39 is 24.1 Å². The molecule has 0 radical (unpaired) electrons. The van der Waals surface area contributed by atoms with Crippen LogP contribution in [0.3, 0.4) is 0 Å². The molecule has 2 unspecified atom stereocenters. The topological polar surface area (TPSA) is 71.1 Å². The van der Waals surface area contributed by atoms with Crippen LogP contribution < -0.4 is 9.47 Å². The highest BCUT2D eigenvalue weighted by atomic mass is 32.2. The van der Waals surface area contributed by atoms with Gasteiger partial charge in [-0.3, -0.25) is 0 Å². The molecule has 0 bridgehead atoms. The predicted molar refractivity (Wildman–Crippen MR) is 229 cm³/mol. The minimum atomic E-state index is -0.468. The van der Waals surface area contributed by atoms with Crippen molar-refractivity contribution in [3.63, 3.8) is 0 Å². The van der Waals surface area contributed by atoms with Gasteiger partial charge in [0.2, 0.25) is 0 Å². The van der Waals surface area contributed by atoms with Crippen molar-refractivity contribution in [2.75, 3.05) is 24.7 Å². The molecule has 0 saturated carbocycles. The Balaban J connectivity index is 1.21.